The van der Waals surface area contributed by atoms with E-state index in [1.54, 1.807) is 6.92 Å². The molecule has 4 atom stereocenters. The van der Waals surface area contributed by atoms with Gasteiger partial charge in [0.2, 0.25) is 17.7 Å². The number of nitrogens with zero attached hydrogens (tertiary/aromatic N) is 2. The molecule has 19 heavy (non-hydrogen) atoms. The van der Waals surface area contributed by atoms with Crippen molar-refractivity contribution in [2.45, 2.75) is 20.3 Å². The van der Waals surface area contributed by atoms with Gasteiger partial charge in [-0.2, -0.15) is 0 Å². The van der Waals surface area contributed by atoms with E-state index >= 15 is 0 Å². The normalized spacial score (nSPS) is 35.6. The zero-order chi connectivity index (χ0) is 13.3. The summed E-state index contributed by atoms with van der Waals surface area (Å²) in [5.74, 6) is 0.139. The lowest BCUT2D eigenvalue weighted by molar-refractivity contribution is -0.123. The summed E-state index contributed by atoms with van der Waals surface area (Å²) in [5, 5.41) is 3.84. The van der Waals surface area contributed by atoms with Gasteiger partial charge in [-0.25, -0.2) is 4.90 Å². The summed E-state index contributed by atoms with van der Waals surface area (Å²) in [6, 6.07) is 0. The first-order valence-corrected chi connectivity index (χ1v) is 6.58. The van der Waals surface area contributed by atoms with Gasteiger partial charge in [-0.05, 0) is 32.1 Å². The van der Waals surface area contributed by atoms with E-state index in [2.05, 4.69) is 17.3 Å². The van der Waals surface area contributed by atoms with Gasteiger partial charge in [0.15, 0.2) is 0 Å². The van der Waals surface area contributed by atoms with Gasteiger partial charge in [-0.1, -0.05) is 17.3 Å². The van der Waals surface area contributed by atoms with Crippen LogP contribution in [0.15, 0.2) is 16.7 Å². The van der Waals surface area contributed by atoms with Gasteiger partial charge in [0, 0.05) is 5.56 Å². The molecule has 1 aromatic rings. The molecule has 2 bridgehead atoms. The summed E-state index contributed by atoms with van der Waals surface area (Å²) >= 11 is 0. The van der Waals surface area contributed by atoms with Gasteiger partial charge < -0.3 is 4.52 Å². The average Bonchev–Trinajstić information content (AvgIpc) is 3.10. The Morgan fingerprint density at radius 3 is 2.21 bits per heavy atom. The van der Waals surface area contributed by atoms with E-state index in [1.807, 2.05) is 6.92 Å². The predicted octanol–water partition coefficient (Wildman–Crippen LogP) is 1.60. The Balaban J connectivity index is 1.79. The van der Waals surface area contributed by atoms with Crippen molar-refractivity contribution in [1.29, 1.82) is 0 Å². The van der Waals surface area contributed by atoms with E-state index in [9.17, 15) is 9.59 Å². The minimum absolute atomic E-state index is 0.119. The third-order valence-corrected chi connectivity index (χ3v) is 4.81. The number of aryl methyl sites for hydroxylation is 1. The number of hydrogen-bond acceptors (Lipinski definition) is 4. The molecule has 1 aliphatic heterocycles. The largest absolute Gasteiger partial charge is 0.337 e. The molecule has 1 saturated carbocycles. The van der Waals surface area contributed by atoms with Crippen molar-refractivity contribution in [3.05, 3.63) is 23.4 Å². The fourth-order valence-electron chi connectivity index (χ4n) is 3.71. The first-order chi connectivity index (χ1) is 9.09. The zero-order valence-corrected chi connectivity index (χ0v) is 10.8. The Hall–Kier alpha value is -1.91. The van der Waals surface area contributed by atoms with Gasteiger partial charge in [-0.15, -0.1) is 0 Å². The molecule has 2 fully saturated rings. The molecule has 0 N–H and O–H groups in total. The molecule has 5 heteroatoms. The molecular weight excluding hydrogens is 244 g/mol. The molecule has 5 nitrogen and oxygen atoms in total. The highest BCUT2D eigenvalue weighted by Crippen LogP contribution is 2.53. The van der Waals surface area contributed by atoms with Crippen molar-refractivity contribution in [2.24, 2.45) is 23.7 Å². The molecule has 0 radical (unpaired) electrons. The molecule has 98 valence electrons. The first-order valence-electron chi connectivity index (χ1n) is 6.58. The molecule has 0 unspecified atom stereocenters. The number of allylic oxidation sites excluding steroid dienone is 2. The summed E-state index contributed by atoms with van der Waals surface area (Å²) < 4.78 is 5.19. The Bertz CT molecular complexity index is 601. The lowest BCUT2D eigenvalue weighted by Crippen LogP contribution is -2.33. The Labute approximate surface area is 110 Å². The van der Waals surface area contributed by atoms with Crippen LogP contribution >= 0.6 is 0 Å². The average molecular weight is 258 g/mol. The van der Waals surface area contributed by atoms with Crippen molar-refractivity contribution < 1.29 is 14.1 Å². The SMILES string of the molecule is Cc1noc(N2C(=O)[C@@H]3[C@@H](C2=O)[C@H]2C=C[C@H]3C2)c1C. The van der Waals surface area contributed by atoms with Gasteiger partial charge in [0.1, 0.15) is 0 Å². The van der Waals surface area contributed by atoms with E-state index < -0.39 is 0 Å². The van der Waals surface area contributed by atoms with Crippen LogP contribution in [-0.2, 0) is 9.59 Å². The maximum absolute atomic E-state index is 12.5. The third-order valence-electron chi connectivity index (χ3n) is 4.81. The Morgan fingerprint density at radius 1 is 1.16 bits per heavy atom. The highest BCUT2D eigenvalue weighted by Gasteiger charge is 2.60. The topological polar surface area (TPSA) is 63.4 Å². The lowest BCUT2D eigenvalue weighted by atomic mass is 9.85. The van der Waals surface area contributed by atoms with Crippen LogP contribution in [0.2, 0.25) is 0 Å². The molecule has 0 aromatic carbocycles. The number of aromatic nitrogens is 1. The van der Waals surface area contributed by atoms with Gasteiger partial charge in [0.05, 0.1) is 17.5 Å². The molecule has 2 heterocycles. The van der Waals surface area contributed by atoms with Gasteiger partial charge in [0.25, 0.3) is 0 Å². The van der Waals surface area contributed by atoms with Gasteiger partial charge >= 0.3 is 0 Å². The van der Waals surface area contributed by atoms with Crippen LogP contribution in [0, 0.1) is 37.5 Å². The van der Waals surface area contributed by atoms with E-state index in [1.165, 1.54) is 4.90 Å². The number of amides is 2. The number of anilines is 1. The molecule has 3 aliphatic rings. The molecule has 0 spiro atoms. The van der Waals surface area contributed by atoms with Gasteiger partial charge in [-0.3, -0.25) is 9.59 Å². The molecule has 2 amide bonds. The van der Waals surface area contributed by atoms with Crippen molar-refractivity contribution in [2.75, 3.05) is 4.90 Å². The van der Waals surface area contributed by atoms with Crippen LogP contribution in [0.4, 0.5) is 5.88 Å². The molecule has 4 rings (SSSR count). The molecule has 1 saturated heterocycles. The fraction of sp³-hybridized carbons (Fsp3) is 0.500. The maximum Gasteiger partial charge on any atom is 0.243 e. The minimum Gasteiger partial charge on any atom is -0.337 e. The Kier molecular flexibility index (Phi) is 1.93. The van der Waals surface area contributed by atoms with Crippen LogP contribution in [0.25, 0.3) is 0 Å². The van der Waals surface area contributed by atoms with E-state index in [0.29, 0.717) is 11.6 Å². The fourth-order valence-corrected chi connectivity index (χ4v) is 3.71. The summed E-state index contributed by atoms with van der Waals surface area (Å²) in [4.78, 5) is 26.3. The molecular formula is C14H14N2O3. The van der Waals surface area contributed by atoms with Crippen LogP contribution in [-0.4, -0.2) is 17.0 Å². The summed E-state index contributed by atoms with van der Waals surface area (Å²) in [7, 11) is 0. The number of carbonyl (C=O) groups excluding carboxylic acids is 2. The minimum atomic E-state index is -0.188. The standard InChI is InChI=1S/C14H14N2O3/c1-6-7(2)15-19-14(6)16-12(17)10-8-3-4-9(5-8)11(10)13(16)18/h3-4,8-11H,5H2,1-2H3/t8-,9-,10-,11-/m0/s1. The van der Waals surface area contributed by atoms with Crippen LogP contribution < -0.4 is 4.90 Å². The van der Waals surface area contributed by atoms with Crippen LogP contribution in [0.5, 0.6) is 0 Å². The number of fused-ring (bicyclic) bond motifs is 5. The summed E-state index contributed by atoms with van der Waals surface area (Å²) in [5.41, 5.74) is 1.48. The summed E-state index contributed by atoms with van der Waals surface area (Å²) in [6.45, 7) is 3.63. The van der Waals surface area contributed by atoms with Crippen molar-refractivity contribution in [3.63, 3.8) is 0 Å². The van der Waals surface area contributed by atoms with Crippen LogP contribution in [0.3, 0.4) is 0 Å². The van der Waals surface area contributed by atoms with Crippen molar-refractivity contribution >= 4 is 17.7 Å². The molecule has 2 aliphatic carbocycles. The quantitative estimate of drug-likeness (QED) is 0.567. The second kappa shape index (κ2) is 3.35. The first kappa shape index (κ1) is 11.0. The summed E-state index contributed by atoms with van der Waals surface area (Å²) in [6.07, 6.45) is 5.10. The second-order valence-electron chi connectivity index (χ2n) is 5.71. The van der Waals surface area contributed by atoms with Crippen LogP contribution in [0.1, 0.15) is 17.7 Å². The van der Waals surface area contributed by atoms with Crippen molar-refractivity contribution in [3.8, 4) is 0 Å². The Morgan fingerprint density at radius 2 is 1.74 bits per heavy atom. The second-order valence-corrected chi connectivity index (χ2v) is 5.71. The third kappa shape index (κ3) is 1.18. The monoisotopic (exact) mass is 258 g/mol. The van der Waals surface area contributed by atoms with E-state index in [-0.39, 0.29) is 35.5 Å². The number of carbonyl (C=O) groups is 2. The van der Waals surface area contributed by atoms with Crippen molar-refractivity contribution in [1.82, 2.24) is 5.16 Å². The zero-order valence-electron chi connectivity index (χ0n) is 10.8. The molecule has 1 aromatic heterocycles. The highest BCUT2D eigenvalue weighted by atomic mass is 16.5. The smallest absolute Gasteiger partial charge is 0.243 e. The predicted molar refractivity (Wildman–Crippen MR) is 66.2 cm³/mol. The highest BCUT2D eigenvalue weighted by molar-refractivity contribution is 6.22. The number of rotatable bonds is 1. The maximum atomic E-state index is 12.5. The van der Waals surface area contributed by atoms with E-state index in [0.717, 1.165) is 12.0 Å². The number of hydrogen-bond donors (Lipinski definition) is 0. The van der Waals surface area contributed by atoms with E-state index in [4.69, 9.17) is 4.52 Å². The number of imide groups is 1. The lowest BCUT2D eigenvalue weighted by Gasteiger charge is -2.14.